The highest BCUT2D eigenvalue weighted by atomic mass is 16.5. The molecule has 2 aromatic carbocycles. The van der Waals surface area contributed by atoms with Gasteiger partial charge in [0.05, 0.1) is 38.7 Å². The SMILES string of the molecule is COc1ccc(CCN2CC34C=CC(O3)C(C(=O)CCCc3ccccc3)C4C2=O)cc1OC. The van der Waals surface area contributed by atoms with Gasteiger partial charge in [-0.3, -0.25) is 9.59 Å². The first-order valence-corrected chi connectivity index (χ1v) is 12.0. The molecule has 178 valence electrons. The molecule has 6 heteroatoms. The van der Waals surface area contributed by atoms with E-state index in [1.807, 2.05) is 53.5 Å². The van der Waals surface area contributed by atoms with Gasteiger partial charge in [0.1, 0.15) is 11.4 Å². The van der Waals surface area contributed by atoms with Gasteiger partial charge < -0.3 is 19.1 Å². The summed E-state index contributed by atoms with van der Waals surface area (Å²) in [6.45, 7) is 1.08. The van der Waals surface area contributed by atoms with Gasteiger partial charge in [0.25, 0.3) is 0 Å². The lowest BCUT2D eigenvalue weighted by molar-refractivity contribution is -0.136. The van der Waals surface area contributed by atoms with Crippen LogP contribution in [0.1, 0.15) is 24.0 Å². The number of carbonyl (C=O) groups excluding carboxylic acids is 2. The molecule has 2 bridgehead atoms. The number of nitrogens with zero attached hydrogens (tertiary/aromatic N) is 1. The number of hydrogen-bond donors (Lipinski definition) is 0. The number of methoxy groups -OCH3 is 2. The number of ether oxygens (including phenoxy) is 3. The molecule has 3 aliphatic heterocycles. The molecule has 2 aromatic rings. The Hall–Kier alpha value is -3.12. The van der Waals surface area contributed by atoms with Crippen molar-refractivity contribution in [1.29, 1.82) is 0 Å². The van der Waals surface area contributed by atoms with Crippen molar-refractivity contribution in [3.8, 4) is 11.5 Å². The quantitative estimate of drug-likeness (QED) is 0.506. The van der Waals surface area contributed by atoms with Gasteiger partial charge in [-0.1, -0.05) is 48.6 Å². The van der Waals surface area contributed by atoms with Gasteiger partial charge in [0.15, 0.2) is 11.5 Å². The molecule has 2 fully saturated rings. The van der Waals surface area contributed by atoms with Gasteiger partial charge in [-0.25, -0.2) is 0 Å². The van der Waals surface area contributed by atoms with Crippen LogP contribution in [0.4, 0.5) is 0 Å². The third kappa shape index (κ3) is 4.00. The van der Waals surface area contributed by atoms with Crippen molar-refractivity contribution < 1.29 is 23.8 Å². The molecule has 3 aliphatic rings. The number of fused-ring (bicyclic) bond motifs is 1. The molecule has 0 aliphatic carbocycles. The maximum Gasteiger partial charge on any atom is 0.229 e. The van der Waals surface area contributed by atoms with Crippen LogP contribution < -0.4 is 9.47 Å². The maximum atomic E-state index is 13.4. The Morgan fingerprint density at radius 3 is 2.62 bits per heavy atom. The predicted octanol–water partition coefficient (Wildman–Crippen LogP) is 3.62. The van der Waals surface area contributed by atoms with Gasteiger partial charge in [-0.15, -0.1) is 0 Å². The smallest absolute Gasteiger partial charge is 0.229 e. The van der Waals surface area contributed by atoms with E-state index in [0.29, 0.717) is 37.4 Å². The molecule has 0 N–H and O–H groups in total. The molecule has 0 radical (unpaired) electrons. The van der Waals surface area contributed by atoms with Gasteiger partial charge >= 0.3 is 0 Å². The first-order chi connectivity index (χ1) is 16.5. The Balaban J connectivity index is 1.23. The van der Waals surface area contributed by atoms with E-state index in [1.54, 1.807) is 14.2 Å². The van der Waals surface area contributed by atoms with Crippen molar-refractivity contribution in [1.82, 2.24) is 4.90 Å². The monoisotopic (exact) mass is 461 g/mol. The highest BCUT2D eigenvalue weighted by molar-refractivity contribution is 5.93. The molecule has 5 rings (SSSR count). The third-order valence-electron chi connectivity index (χ3n) is 7.40. The zero-order valence-electron chi connectivity index (χ0n) is 19.7. The lowest BCUT2D eigenvalue weighted by Gasteiger charge is -2.23. The van der Waals surface area contributed by atoms with Crippen LogP contribution in [0.3, 0.4) is 0 Å². The minimum Gasteiger partial charge on any atom is -0.493 e. The topological polar surface area (TPSA) is 65.1 Å². The van der Waals surface area contributed by atoms with Crippen molar-refractivity contribution in [2.24, 2.45) is 11.8 Å². The Kier molecular flexibility index (Phi) is 6.17. The second-order valence-corrected chi connectivity index (χ2v) is 9.40. The van der Waals surface area contributed by atoms with E-state index in [0.717, 1.165) is 18.4 Å². The Labute approximate surface area is 200 Å². The van der Waals surface area contributed by atoms with Gasteiger partial charge in [-0.2, -0.15) is 0 Å². The summed E-state index contributed by atoms with van der Waals surface area (Å²) in [4.78, 5) is 28.5. The van der Waals surface area contributed by atoms with E-state index < -0.39 is 11.5 Å². The van der Waals surface area contributed by atoms with E-state index in [2.05, 4.69) is 12.1 Å². The van der Waals surface area contributed by atoms with Gasteiger partial charge in [-0.05, 0) is 42.5 Å². The largest absolute Gasteiger partial charge is 0.493 e. The van der Waals surface area contributed by atoms with Crippen LogP contribution in [-0.4, -0.2) is 55.6 Å². The summed E-state index contributed by atoms with van der Waals surface area (Å²) in [6.07, 6.45) is 6.54. The standard InChI is InChI=1S/C28H31NO5/c1-32-22-12-11-20(17-24(22)33-2)14-16-29-18-28-15-13-23(34-28)25(26(28)27(29)31)21(30)10-6-9-19-7-4-3-5-8-19/h3-5,7-8,11-13,15,17,23,25-26H,6,9-10,14,16,18H2,1-2H3. The molecule has 2 saturated heterocycles. The lowest BCUT2D eigenvalue weighted by Crippen LogP contribution is -2.39. The molecule has 0 aromatic heterocycles. The summed E-state index contributed by atoms with van der Waals surface area (Å²) in [5.41, 5.74) is 1.64. The number of rotatable bonds is 10. The number of benzene rings is 2. The summed E-state index contributed by atoms with van der Waals surface area (Å²) >= 11 is 0. The Bertz CT molecular complexity index is 1100. The molecular weight excluding hydrogens is 430 g/mol. The average molecular weight is 462 g/mol. The lowest BCUT2D eigenvalue weighted by atomic mass is 9.74. The fourth-order valence-electron chi connectivity index (χ4n) is 5.71. The fraction of sp³-hybridized carbons (Fsp3) is 0.429. The normalized spacial score (nSPS) is 26.7. The summed E-state index contributed by atoms with van der Waals surface area (Å²) < 4.78 is 17.0. The minimum atomic E-state index is -0.654. The molecule has 1 amide bonds. The van der Waals surface area contributed by atoms with Crippen LogP contribution in [0.2, 0.25) is 0 Å². The average Bonchev–Trinajstić information content (AvgIpc) is 3.51. The molecule has 1 spiro atoms. The highest BCUT2D eigenvalue weighted by Crippen LogP contribution is 2.52. The Morgan fingerprint density at radius 1 is 1.06 bits per heavy atom. The summed E-state index contributed by atoms with van der Waals surface area (Å²) in [7, 11) is 3.23. The van der Waals surface area contributed by atoms with E-state index in [1.165, 1.54) is 5.56 Å². The summed E-state index contributed by atoms with van der Waals surface area (Å²) in [5, 5.41) is 0. The first-order valence-electron chi connectivity index (χ1n) is 12.0. The second-order valence-electron chi connectivity index (χ2n) is 9.40. The second kappa shape index (κ2) is 9.26. The number of amides is 1. The van der Waals surface area contributed by atoms with Crippen LogP contribution in [0.15, 0.2) is 60.7 Å². The van der Waals surface area contributed by atoms with Gasteiger partial charge in [0, 0.05) is 13.0 Å². The number of aryl methyl sites for hydroxylation is 1. The predicted molar refractivity (Wildman–Crippen MR) is 128 cm³/mol. The van der Waals surface area contributed by atoms with E-state index in [4.69, 9.17) is 14.2 Å². The molecule has 34 heavy (non-hydrogen) atoms. The summed E-state index contributed by atoms with van der Waals surface area (Å²) in [5.74, 6) is 0.757. The molecule has 3 heterocycles. The molecule has 0 saturated carbocycles. The van der Waals surface area contributed by atoms with Crippen molar-refractivity contribution in [3.05, 3.63) is 71.8 Å². The van der Waals surface area contributed by atoms with E-state index in [9.17, 15) is 9.59 Å². The third-order valence-corrected chi connectivity index (χ3v) is 7.40. The zero-order chi connectivity index (χ0) is 23.7. The summed E-state index contributed by atoms with van der Waals surface area (Å²) in [6, 6.07) is 16.0. The van der Waals surface area contributed by atoms with Crippen LogP contribution in [0, 0.1) is 11.8 Å². The van der Waals surface area contributed by atoms with Crippen molar-refractivity contribution in [2.75, 3.05) is 27.3 Å². The minimum absolute atomic E-state index is 0.0359. The van der Waals surface area contributed by atoms with Crippen molar-refractivity contribution in [2.45, 2.75) is 37.4 Å². The molecular formula is C28H31NO5. The number of ketones is 1. The van der Waals surface area contributed by atoms with Crippen LogP contribution in [0.25, 0.3) is 0 Å². The zero-order valence-corrected chi connectivity index (χ0v) is 19.7. The highest BCUT2D eigenvalue weighted by Gasteiger charge is 2.66. The molecule has 4 atom stereocenters. The van der Waals surface area contributed by atoms with E-state index >= 15 is 0 Å². The molecule has 4 unspecified atom stereocenters. The fourth-order valence-corrected chi connectivity index (χ4v) is 5.71. The Morgan fingerprint density at radius 2 is 1.85 bits per heavy atom. The maximum absolute atomic E-state index is 13.4. The number of Topliss-reactive ketones (excluding diaryl/α,β-unsaturated/α-hetero) is 1. The number of carbonyl (C=O) groups is 2. The number of hydrogen-bond acceptors (Lipinski definition) is 5. The van der Waals surface area contributed by atoms with Gasteiger partial charge in [0.2, 0.25) is 5.91 Å². The van der Waals surface area contributed by atoms with Crippen molar-refractivity contribution in [3.63, 3.8) is 0 Å². The van der Waals surface area contributed by atoms with Crippen LogP contribution in [0.5, 0.6) is 11.5 Å². The molecule has 6 nitrogen and oxygen atoms in total. The number of likely N-dealkylation sites (tertiary alicyclic amines) is 1. The van der Waals surface area contributed by atoms with Crippen LogP contribution in [-0.2, 0) is 27.2 Å². The van der Waals surface area contributed by atoms with Crippen LogP contribution >= 0.6 is 0 Å². The van der Waals surface area contributed by atoms with E-state index in [-0.39, 0.29) is 23.7 Å². The van der Waals surface area contributed by atoms with Crippen molar-refractivity contribution >= 4 is 11.7 Å². The first kappa shape index (κ1) is 22.7.